The van der Waals surface area contributed by atoms with Crippen molar-refractivity contribution in [2.45, 2.75) is 25.7 Å². The Morgan fingerprint density at radius 3 is 1.90 bits per heavy atom. The van der Waals surface area contributed by atoms with Crippen molar-refractivity contribution in [1.29, 1.82) is 0 Å². The summed E-state index contributed by atoms with van der Waals surface area (Å²) in [7, 11) is 0. The predicted molar refractivity (Wildman–Crippen MR) is 74.4 cm³/mol. The number of rotatable bonds is 6. The molecule has 0 spiro atoms. The van der Waals surface area contributed by atoms with E-state index in [0.29, 0.717) is 19.6 Å². The molecule has 118 valence electrons. The zero-order chi connectivity index (χ0) is 15.2. The molecule has 1 amide bonds. The van der Waals surface area contributed by atoms with E-state index in [1.807, 2.05) is 0 Å². The van der Waals surface area contributed by atoms with E-state index >= 15 is 0 Å². The van der Waals surface area contributed by atoms with Gasteiger partial charge in [0.2, 0.25) is 5.91 Å². The smallest absolute Gasteiger partial charge is 0.290 e. The van der Waals surface area contributed by atoms with Crippen molar-refractivity contribution >= 4 is 12.4 Å². The first-order valence-electron chi connectivity index (χ1n) is 6.99. The highest BCUT2D eigenvalue weighted by atomic mass is 16.3. The molecule has 1 aliphatic heterocycles. The van der Waals surface area contributed by atoms with E-state index in [1.54, 1.807) is 0 Å². The van der Waals surface area contributed by atoms with E-state index in [0.717, 1.165) is 25.9 Å². The van der Waals surface area contributed by atoms with Gasteiger partial charge in [-0.1, -0.05) is 12.8 Å². The largest absolute Gasteiger partial charge is 0.483 e. The van der Waals surface area contributed by atoms with Crippen molar-refractivity contribution in [2.24, 2.45) is 0 Å². The van der Waals surface area contributed by atoms with Crippen LogP contribution in [0.25, 0.3) is 0 Å². The molecule has 0 radical (unpaired) electrons. The standard InChI is InChI=1S/C12H24N2O3.CH2O2/c15-9-7-14(8-10-16)12(17)11-13-5-3-1-2-4-6-13;2-1-3/h15-16H,1-11H2;1H,(H,2,3). The fourth-order valence-electron chi connectivity index (χ4n) is 2.19. The minimum absolute atomic E-state index is 0.00926. The summed E-state index contributed by atoms with van der Waals surface area (Å²) in [6.07, 6.45) is 4.82. The number of hydrogen-bond donors (Lipinski definition) is 3. The second-order valence-electron chi connectivity index (χ2n) is 4.62. The van der Waals surface area contributed by atoms with Crippen LogP contribution in [-0.4, -0.2) is 83.4 Å². The van der Waals surface area contributed by atoms with Crippen LogP contribution in [0.3, 0.4) is 0 Å². The van der Waals surface area contributed by atoms with E-state index in [1.165, 1.54) is 17.7 Å². The maximum Gasteiger partial charge on any atom is 0.290 e. The van der Waals surface area contributed by atoms with Crippen LogP contribution < -0.4 is 0 Å². The highest BCUT2D eigenvalue weighted by molar-refractivity contribution is 5.78. The Kier molecular flexibility index (Phi) is 12.1. The quantitative estimate of drug-likeness (QED) is 0.563. The molecule has 0 bridgehead atoms. The van der Waals surface area contributed by atoms with Gasteiger partial charge in [0.25, 0.3) is 6.47 Å². The molecule has 0 atom stereocenters. The molecule has 0 aliphatic carbocycles. The predicted octanol–water partition coefficient (Wildman–Crippen LogP) is -0.624. The third-order valence-corrected chi connectivity index (χ3v) is 3.15. The Morgan fingerprint density at radius 1 is 1.05 bits per heavy atom. The highest BCUT2D eigenvalue weighted by Crippen LogP contribution is 2.09. The zero-order valence-corrected chi connectivity index (χ0v) is 11.9. The minimum Gasteiger partial charge on any atom is -0.483 e. The van der Waals surface area contributed by atoms with Crippen LogP contribution in [0.2, 0.25) is 0 Å². The number of carbonyl (C=O) groups is 2. The third kappa shape index (κ3) is 8.84. The first-order chi connectivity index (χ1) is 9.69. The van der Waals surface area contributed by atoms with E-state index in [-0.39, 0.29) is 25.6 Å². The summed E-state index contributed by atoms with van der Waals surface area (Å²) in [5.41, 5.74) is 0. The van der Waals surface area contributed by atoms with Crippen LogP contribution in [-0.2, 0) is 9.59 Å². The Morgan fingerprint density at radius 2 is 1.50 bits per heavy atom. The topological polar surface area (TPSA) is 101 Å². The second kappa shape index (κ2) is 12.8. The molecule has 0 saturated carbocycles. The first kappa shape index (κ1) is 18.8. The Bertz CT molecular complexity index is 249. The van der Waals surface area contributed by atoms with Gasteiger partial charge in [-0.15, -0.1) is 0 Å². The summed E-state index contributed by atoms with van der Waals surface area (Å²) in [5, 5.41) is 24.6. The molecule has 1 aliphatic rings. The number of aliphatic hydroxyl groups excluding tert-OH is 2. The van der Waals surface area contributed by atoms with Gasteiger partial charge in [-0.3, -0.25) is 14.5 Å². The lowest BCUT2D eigenvalue weighted by Gasteiger charge is -2.25. The molecule has 20 heavy (non-hydrogen) atoms. The molecule has 0 unspecified atom stereocenters. The number of aliphatic hydroxyl groups is 2. The van der Waals surface area contributed by atoms with Crippen molar-refractivity contribution in [3.8, 4) is 0 Å². The van der Waals surface area contributed by atoms with Crippen LogP contribution in [0.15, 0.2) is 0 Å². The first-order valence-corrected chi connectivity index (χ1v) is 6.99. The minimum atomic E-state index is -0.250. The van der Waals surface area contributed by atoms with E-state index < -0.39 is 0 Å². The monoisotopic (exact) mass is 290 g/mol. The van der Waals surface area contributed by atoms with Crippen molar-refractivity contribution in [3.05, 3.63) is 0 Å². The average Bonchev–Trinajstić information content (AvgIpc) is 2.68. The van der Waals surface area contributed by atoms with Crippen molar-refractivity contribution in [3.63, 3.8) is 0 Å². The summed E-state index contributed by atoms with van der Waals surface area (Å²) in [5.74, 6) is 0.00926. The second-order valence-corrected chi connectivity index (χ2v) is 4.62. The van der Waals surface area contributed by atoms with Crippen LogP contribution in [0.4, 0.5) is 0 Å². The lowest BCUT2D eigenvalue weighted by atomic mass is 10.2. The molecule has 1 saturated heterocycles. The number of nitrogens with zero attached hydrogens (tertiary/aromatic N) is 2. The van der Waals surface area contributed by atoms with Gasteiger partial charge in [0.05, 0.1) is 19.8 Å². The van der Waals surface area contributed by atoms with Gasteiger partial charge in [-0.05, 0) is 25.9 Å². The number of carboxylic acid groups (broad SMARTS) is 1. The summed E-state index contributed by atoms with van der Waals surface area (Å²) >= 11 is 0. The van der Waals surface area contributed by atoms with Crippen molar-refractivity contribution in [1.82, 2.24) is 9.80 Å². The van der Waals surface area contributed by atoms with Crippen LogP contribution in [0.1, 0.15) is 25.7 Å². The molecule has 0 aromatic rings. The SMILES string of the molecule is O=C(CN1CCCCCC1)N(CCO)CCO.O=CO. The highest BCUT2D eigenvalue weighted by Gasteiger charge is 2.17. The molecule has 1 fully saturated rings. The maximum absolute atomic E-state index is 12.0. The van der Waals surface area contributed by atoms with E-state index in [2.05, 4.69) is 4.90 Å². The Balaban J connectivity index is 0.00000110. The molecule has 1 rings (SSSR count). The Hall–Kier alpha value is -1.18. The van der Waals surface area contributed by atoms with Crippen molar-refractivity contribution < 1.29 is 24.9 Å². The number of hydrogen-bond acceptors (Lipinski definition) is 5. The molecule has 1 heterocycles. The summed E-state index contributed by atoms with van der Waals surface area (Å²) in [4.78, 5) is 24.0. The fraction of sp³-hybridized carbons (Fsp3) is 0.846. The van der Waals surface area contributed by atoms with E-state index in [4.69, 9.17) is 20.1 Å². The molecule has 3 N–H and O–H groups in total. The lowest BCUT2D eigenvalue weighted by molar-refractivity contribution is -0.133. The summed E-state index contributed by atoms with van der Waals surface area (Å²) in [6, 6.07) is 0. The van der Waals surface area contributed by atoms with Gasteiger partial charge >= 0.3 is 0 Å². The molecule has 7 nitrogen and oxygen atoms in total. The lowest BCUT2D eigenvalue weighted by Crippen LogP contribution is -2.43. The van der Waals surface area contributed by atoms with Gasteiger partial charge in [0, 0.05) is 13.1 Å². The molecular weight excluding hydrogens is 264 g/mol. The third-order valence-electron chi connectivity index (χ3n) is 3.15. The summed E-state index contributed by atoms with van der Waals surface area (Å²) < 4.78 is 0. The fourth-order valence-corrected chi connectivity index (χ4v) is 2.19. The average molecular weight is 290 g/mol. The van der Waals surface area contributed by atoms with Gasteiger partial charge < -0.3 is 20.2 Å². The van der Waals surface area contributed by atoms with Gasteiger partial charge in [0.1, 0.15) is 0 Å². The Labute approximate surface area is 119 Å². The van der Waals surface area contributed by atoms with Crippen molar-refractivity contribution in [2.75, 3.05) is 45.9 Å². The number of likely N-dealkylation sites (tertiary alicyclic amines) is 1. The normalized spacial score (nSPS) is 15.7. The maximum atomic E-state index is 12.0. The molecule has 0 aromatic heterocycles. The van der Waals surface area contributed by atoms with Crippen LogP contribution in [0, 0.1) is 0 Å². The zero-order valence-electron chi connectivity index (χ0n) is 11.9. The van der Waals surface area contributed by atoms with Gasteiger partial charge in [-0.2, -0.15) is 0 Å². The molecule has 0 aromatic carbocycles. The number of amides is 1. The van der Waals surface area contributed by atoms with Crippen LogP contribution >= 0.6 is 0 Å². The number of carbonyl (C=O) groups excluding carboxylic acids is 1. The van der Waals surface area contributed by atoms with Gasteiger partial charge in [0.15, 0.2) is 0 Å². The van der Waals surface area contributed by atoms with Crippen LogP contribution in [0.5, 0.6) is 0 Å². The molecular formula is C13H26N2O5. The molecule has 7 heteroatoms. The van der Waals surface area contributed by atoms with E-state index in [9.17, 15) is 4.79 Å². The summed E-state index contributed by atoms with van der Waals surface area (Å²) in [6.45, 7) is 2.66. The van der Waals surface area contributed by atoms with Gasteiger partial charge in [-0.25, -0.2) is 0 Å².